The first-order chi connectivity index (χ1) is 12.5. The summed E-state index contributed by atoms with van der Waals surface area (Å²) in [5.41, 5.74) is 1.31. The lowest BCUT2D eigenvalue weighted by molar-refractivity contribution is -0.145. The van der Waals surface area contributed by atoms with Crippen molar-refractivity contribution in [3.05, 3.63) is 65.7 Å². The van der Waals surface area contributed by atoms with Gasteiger partial charge in [-0.2, -0.15) is 0 Å². The van der Waals surface area contributed by atoms with Crippen molar-refractivity contribution in [1.82, 2.24) is 5.32 Å². The van der Waals surface area contributed by atoms with E-state index >= 15 is 0 Å². The molecule has 0 aliphatic rings. The average molecular weight is 355 g/mol. The summed E-state index contributed by atoms with van der Waals surface area (Å²) in [6.07, 6.45) is 0.269. The van der Waals surface area contributed by atoms with Crippen LogP contribution in [0.1, 0.15) is 28.8 Å². The van der Waals surface area contributed by atoms with Gasteiger partial charge in [-0.1, -0.05) is 42.5 Å². The molecule has 2 rings (SSSR count). The zero-order chi connectivity index (χ0) is 18.9. The number of phenolic OH excluding ortho intramolecular Hbond substituents is 1. The Morgan fingerprint density at radius 2 is 1.65 bits per heavy atom. The van der Waals surface area contributed by atoms with Gasteiger partial charge in [0.15, 0.2) is 5.78 Å². The fourth-order valence-corrected chi connectivity index (χ4v) is 2.47. The molecule has 6 nitrogen and oxygen atoms in total. The molecule has 1 amide bonds. The highest BCUT2D eigenvalue weighted by atomic mass is 16.5. The predicted octanol–water partition coefficient (Wildman–Crippen LogP) is 2.26. The molecule has 0 fully saturated rings. The van der Waals surface area contributed by atoms with Crippen LogP contribution in [0, 0.1) is 0 Å². The molecule has 1 unspecified atom stereocenters. The summed E-state index contributed by atoms with van der Waals surface area (Å²) >= 11 is 0. The van der Waals surface area contributed by atoms with E-state index in [2.05, 4.69) is 5.32 Å². The Kier molecular flexibility index (Phi) is 6.91. The van der Waals surface area contributed by atoms with Gasteiger partial charge in [-0.05, 0) is 17.7 Å². The average Bonchev–Trinajstić information content (AvgIpc) is 2.67. The van der Waals surface area contributed by atoms with Crippen molar-refractivity contribution in [3.63, 3.8) is 0 Å². The van der Waals surface area contributed by atoms with Gasteiger partial charge in [0.25, 0.3) is 0 Å². The highest BCUT2D eigenvalue weighted by molar-refractivity contribution is 5.98. The zero-order valence-corrected chi connectivity index (χ0v) is 14.5. The van der Waals surface area contributed by atoms with Crippen molar-refractivity contribution < 1.29 is 24.2 Å². The van der Waals surface area contributed by atoms with Crippen LogP contribution in [0.2, 0.25) is 0 Å². The van der Waals surface area contributed by atoms with E-state index in [4.69, 9.17) is 4.74 Å². The van der Waals surface area contributed by atoms with E-state index < -0.39 is 17.9 Å². The van der Waals surface area contributed by atoms with E-state index in [0.29, 0.717) is 5.56 Å². The molecular formula is C20H21NO5. The summed E-state index contributed by atoms with van der Waals surface area (Å²) in [5.74, 6) is -0.981. The van der Waals surface area contributed by atoms with Gasteiger partial charge in [0.1, 0.15) is 11.8 Å². The van der Waals surface area contributed by atoms with Gasteiger partial charge in [-0.25, -0.2) is 4.79 Å². The van der Waals surface area contributed by atoms with Crippen molar-refractivity contribution in [2.75, 3.05) is 7.11 Å². The number of hydrogen-bond acceptors (Lipinski definition) is 5. The number of ether oxygens (including phenoxy) is 1. The smallest absolute Gasteiger partial charge is 0.328 e. The van der Waals surface area contributed by atoms with Crippen LogP contribution in [0.5, 0.6) is 5.75 Å². The van der Waals surface area contributed by atoms with Gasteiger partial charge in [0, 0.05) is 24.8 Å². The monoisotopic (exact) mass is 355 g/mol. The molecule has 1 atom stereocenters. The second-order valence-electron chi connectivity index (χ2n) is 5.80. The lowest BCUT2D eigenvalue weighted by atomic mass is 10.0. The summed E-state index contributed by atoms with van der Waals surface area (Å²) in [4.78, 5) is 36.1. The number of nitrogens with one attached hydrogen (secondary N) is 1. The van der Waals surface area contributed by atoms with Crippen LogP contribution >= 0.6 is 0 Å². The zero-order valence-electron chi connectivity index (χ0n) is 14.5. The van der Waals surface area contributed by atoms with Crippen LogP contribution in [0.25, 0.3) is 0 Å². The Balaban J connectivity index is 1.92. The van der Waals surface area contributed by atoms with Gasteiger partial charge >= 0.3 is 5.97 Å². The molecule has 136 valence electrons. The summed E-state index contributed by atoms with van der Waals surface area (Å²) in [6, 6.07) is 14.2. The fourth-order valence-electron chi connectivity index (χ4n) is 2.47. The van der Waals surface area contributed by atoms with Crippen LogP contribution in [-0.4, -0.2) is 35.9 Å². The van der Waals surface area contributed by atoms with E-state index in [9.17, 15) is 19.5 Å². The molecular weight excluding hydrogens is 334 g/mol. The summed E-state index contributed by atoms with van der Waals surface area (Å²) in [6.45, 7) is 0. The van der Waals surface area contributed by atoms with Crippen LogP contribution in [0.3, 0.4) is 0 Å². The molecule has 26 heavy (non-hydrogen) atoms. The third-order valence-electron chi connectivity index (χ3n) is 3.87. The molecule has 0 aliphatic heterocycles. The number of Topliss-reactive ketones (excluding diaryl/α,β-unsaturated/α-hetero) is 1. The van der Waals surface area contributed by atoms with E-state index in [-0.39, 0.29) is 30.8 Å². The molecule has 0 spiro atoms. The largest absolute Gasteiger partial charge is 0.508 e. The van der Waals surface area contributed by atoms with Gasteiger partial charge in [-0.3, -0.25) is 9.59 Å². The van der Waals surface area contributed by atoms with Crippen molar-refractivity contribution in [2.45, 2.75) is 25.3 Å². The molecule has 0 aliphatic carbocycles. The number of benzene rings is 2. The van der Waals surface area contributed by atoms with Crippen molar-refractivity contribution >= 4 is 17.7 Å². The number of hydrogen-bond donors (Lipinski definition) is 2. The number of carbonyl (C=O) groups excluding carboxylic acids is 3. The first-order valence-corrected chi connectivity index (χ1v) is 8.23. The molecule has 6 heteroatoms. The third kappa shape index (κ3) is 5.73. The Hall–Kier alpha value is -3.15. The number of ketones is 1. The SMILES string of the molecule is COC(=O)C(Cc1ccc(O)cc1)NC(=O)CCC(=O)c1ccccc1. The number of esters is 1. The number of carbonyl (C=O) groups is 3. The molecule has 0 bridgehead atoms. The van der Waals surface area contributed by atoms with Crippen molar-refractivity contribution in [2.24, 2.45) is 0 Å². The number of aromatic hydroxyl groups is 1. The van der Waals surface area contributed by atoms with Gasteiger partial charge < -0.3 is 15.2 Å². The topological polar surface area (TPSA) is 92.7 Å². The lowest BCUT2D eigenvalue weighted by Crippen LogP contribution is -2.43. The molecule has 0 saturated heterocycles. The minimum absolute atomic E-state index is 0.0171. The summed E-state index contributed by atoms with van der Waals surface area (Å²) < 4.78 is 4.73. The normalized spacial score (nSPS) is 11.4. The number of amides is 1. The Bertz CT molecular complexity index is 756. The highest BCUT2D eigenvalue weighted by Crippen LogP contribution is 2.12. The molecule has 2 aromatic carbocycles. The maximum atomic E-state index is 12.1. The minimum Gasteiger partial charge on any atom is -0.508 e. The van der Waals surface area contributed by atoms with E-state index in [1.807, 2.05) is 6.07 Å². The second kappa shape index (κ2) is 9.36. The maximum absolute atomic E-state index is 12.1. The quantitative estimate of drug-likeness (QED) is 0.560. The first-order valence-electron chi connectivity index (χ1n) is 8.23. The highest BCUT2D eigenvalue weighted by Gasteiger charge is 2.22. The molecule has 0 radical (unpaired) electrons. The van der Waals surface area contributed by atoms with E-state index in [0.717, 1.165) is 5.56 Å². The van der Waals surface area contributed by atoms with Crippen molar-refractivity contribution in [1.29, 1.82) is 0 Å². The fraction of sp³-hybridized carbons (Fsp3) is 0.250. The Morgan fingerprint density at radius 3 is 2.27 bits per heavy atom. The summed E-state index contributed by atoms with van der Waals surface area (Å²) in [5, 5.41) is 11.9. The molecule has 2 N–H and O–H groups in total. The number of rotatable bonds is 8. The number of phenols is 1. The molecule has 0 saturated carbocycles. The minimum atomic E-state index is -0.858. The second-order valence-corrected chi connectivity index (χ2v) is 5.80. The van der Waals surface area contributed by atoms with Crippen LogP contribution in [0.4, 0.5) is 0 Å². The Labute approximate surface area is 151 Å². The van der Waals surface area contributed by atoms with Crippen molar-refractivity contribution in [3.8, 4) is 5.75 Å². The Morgan fingerprint density at radius 1 is 1.00 bits per heavy atom. The summed E-state index contributed by atoms with van der Waals surface area (Å²) in [7, 11) is 1.25. The molecule has 0 heterocycles. The van der Waals surface area contributed by atoms with Crippen LogP contribution < -0.4 is 5.32 Å². The standard InChI is InChI=1S/C20H21NO5/c1-26-20(25)17(13-14-7-9-16(22)10-8-14)21-19(24)12-11-18(23)15-5-3-2-4-6-15/h2-10,17,22H,11-13H2,1H3,(H,21,24). The lowest BCUT2D eigenvalue weighted by Gasteiger charge is -2.16. The van der Waals surface area contributed by atoms with E-state index in [1.165, 1.54) is 19.2 Å². The van der Waals surface area contributed by atoms with Crippen LogP contribution in [-0.2, 0) is 20.7 Å². The molecule has 0 aromatic heterocycles. The third-order valence-corrected chi connectivity index (χ3v) is 3.87. The first kappa shape index (κ1) is 19.2. The van der Waals surface area contributed by atoms with Gasteiger partial charge in [0.05, 0.1) is 7.11 Å². The van der Waals surface area contributed by atoms with Crippen LogP contribution in [0.15, 0.2) is 54.6 Å². The van der Waals surface area contributed by atoms with Gasteiger partial charge in [0.2, 0.25) is 5.91 Å². The molecule has 2 aromatic rings. The predicted molar refractivity (Wildman–Crippen MR) is 95.8 cm³/mol. The van der Waals surface area contributed by atoms with Gasteiger partial charge in [-0.15, -0.1) is 0 Å². The number of methoxy groups -OCH3 is 1. The van der Waals surface area contributed by atoms with E-state index in [1.54, 1.807) is 36.4 Å². The maximum Gasteiger partial charge on any atom is 0.328 e.